The van der Waals surface area contributed by atoms with Crippen LogP contribution in [0, 0.1) is 5.92 Å². The van der Waals surface area contributed by atoms with Crippen LogP contribution >= 0.6 is 23.2 Å². The third kappa shape index (κ3) is 9.59. The number of pyridine rings is 1. The average molecular weight is 656 g/mol. The number of carboxylic acids is 1. The van der Waals surface area contributed by atoms with Gasteiger partial charge in [-0.1, -0.05) is 23.2 Å². The molecule has 5 rings (SSSR count). The number of nitrogens with zero attached hydrogens (tertiary/aromatic N) is 5. The van der Waals surface area contributed by atoms with Crippen molar-refractivity contribution in [3.8, 4) is 22.9 Å². The van der Waals surface area contributed by atoms with Gasteiger partial charge in [0.2, 0.25) is 11.8 Å². The van der Waals surface area contributed by atoms with Crippen molar-refractivity contribution in [3.63, 3.8) is 0 Å². The molecule has 4 heterocycles. The van der Waals surface area contributed by atoms with Crippen LogP contribution in [0.1, 0.15) is 63.3 Å². The van der Waals surface area contributed by atoms with E-state index in [1.165, 1.54) is 0 Å². The van der Waals surface area contributed by atoms with Crippen molar-refractivity contribution in [2.24, 2.45) is 5.92 Å². The fourth-order valence-corrected chi connectivity index (χ4v) is 6.66. The summed E-state index contributed by atoms with van der Waals surface area (Å²) in [7, 11) is 0. The zero-order chi connectivity index (χ0) is 31.9. The first kappa shape index (κ1) is 33.1. The number of halogens is 2. The number of carbonyl (C=O) groups is 2. The average Bonchev–Trinajstić information content (AvgIpc) is 3.00. The molecule has 2 aliphatic heterocycles. The molecule has 1 unspecified atom stereocenters. The summed E-state index contributed by atoms with van der Waals surface area (Å²) in [5.74, 6) is 1.64. The lowest BCUT2D eigenvalue weighted by atomic mass is 9.94. The summed E-state index contributed by atoms with van der Waals surface area (Å²) in [5, 5.41) is 13.1. The monoisotopic (exact) mass is 654 g/mol. The molecule has 0 aliphatic carbocycles. The zero-order valence-corrected chi connectivity index (χ0v) is 27.2. The van der Waals surface area contributed by atoms with Crippen LogP contribution in [-0.2, 0) is 16.1 Å². The van der Waals surface area contributed by atoms with Crippen LogP contribution in [0.25, 0.3) is 11.3 Å². The van der Waals surface area contributed by atoms with Gasteiger partial charge in [0.15, 0.2) is 5.75 Å². The van der Waals surface area contributed by atoms with E-state index >= 15 is 0 Å². The van der Waals surface area contributed by atoms with E-state index < -0.39 is 5.97 Å². The lowest BCUT2D eigenvalue weighted by molar-refractivity contribution is -0.138. The van der Waals surface area contributed by atoms with E-state index in [1.807, 2.05) is 31.2 Å². The van der Waals surface area contributed by atoms with Crippen molar-refractivity contribution >= 4 is 35.1 Å². The molecule has 45 heavy (non-hydrogen) atoms. The van der Waals surface area contributed by atoms with Crippen molar-refractivity contribution in [3.05, 3.63) is 64.2 Å². The predicted molar refractivity (Wildman–Crippen MR) is 174 cm³/mol. The van der Waals surface area contributed by atoms with E-state index in [0.717, 1.165) is 81.9 Å². The highest BCUT2D eigenvalue weighted by Gasteiger charge is 2.26. The van der Waals surface area contributed by atoms with Crippen molar-refractivity contribution in [2.75, 3.05) is 32.7 Å². The van der Waals surface area contributed by atoms with Crippen molar-refractivity contribution in [1.29, 1.82) is 0 Å². The molecule has 2 aliphatic rings. The van der Waals surface area contributed by atoms with Crippen LogP contribution in [0.3, 0.4) is 0 Å². The van der Waals surface area contributed by atoms with E-state index in [9.17, 15) is 9.59 Å². The van der Waals surface area contributed by atoms with Gasteiger partial charge in [0.25, 0.3) is 0 Å². The van der Waals surface area contributed by atoms with Gasteiger partial charge in [0.05, 0.1) is 24.5 Å². The lowest BCUT2D eigenvalue weighted by Crippen LogP contribution is -2.40. The fraction of sp³-hybridized carbons (Fsp3) is 0.485. The van der Waals surface area contributed by atoms with Gasteiger partial charge in [-0.25, -0.2) is 15.0 Å². The number of ether oxygens (including phenoxy) is 1. The first-order chi connectivity index (χ1) is 21.6. The topological polar surface area (TPSA) is 121 Å². The van der Waals surface area contributed by atoms with E-state index in [1.54, 1.807) is 25.4 Å². The minimum atomic E-state index is -0.771. The molecule has 0 saturated carbocycles. The highest BCUT2D eigenvalue weighted by molar-refractivity contribution is 6.35. The SMILES string of the molecule is CC(=O)NCC1CCN(Cc2cc(Oc3cnc(C4CCN(C(C)CC(=O)O)CC4)nc3)nc(-c3cc(Cl)cc(Cl)c3)c2)CC1. The molecule has 0 bridgehead atoms. The number of aliphatic carboxylic acids is 1. The number of piperidine rings is 2. The Morgan fingerprint density at radius 3 is 2.29 bits per heavy atom. The molecule has 10 nitrogen and oxygen atoms in total. The van der Waals surface area contributed by atoms with Gasteiger partial charge < -0.3 is 20.1 Å². The number of carboxylic acid groups (broad SMARTS) is 1. The molecule has 3 aromatic rings. The fourth-order valence-electron chi connectivity index (χ4n) is 6.14. The quantitative estimate of drug-likeness (QED) is 0.255. The van der Waals surface area contributed by atoms with Crippen LogP contribution < -0.4 is 10.1 Å². The molecule has 0 spiro atoms. The second kappa shape index (κ2) is 15.3. The molecule has 2 saturated heterocycles. The van der Waals surface area contributed by atoms with Gasteiger partial charge in [-0.3, -0.25) is 14.5 Å². The van der Waals surface area contributed by atoms with Gasteiger partial charge in [0, 0.05) is 53.6 Å². The Labute approximate surface area is 274 Å². The summed E-state index contributed by atoms with van der Waals surface area (Å²) in [6, 6.07) is 9.37. The number of rotatable bonds is 11. The van der Waals surface area contributed by atoms with Crippen LogP contribution in [0.4, 0.5) is 0 Å². The normalized spacial score (nSPS) is 17.6. The van der Waals surface area contributed by atoms with Gasteiger partial charge in [0.1, 0.15) is 5.82 Å². The standard InChI is InChI=1S/C33H40Cl2N6O4/c1-21(11-32(43)44)41-9-5-25(6-10-41)33-37-18-29(19-38-33)45-31-13-24(12-30(39-31)26-14-27(34)16-28(35)15-26)20-40-7-3-23(4-8-40)17-36-22(2)42/h12-16,18-19,21,23,25H,3-11,17,20H2,1-2H3,(H,36,42)(H,43,44). The summed E-state index contributed by atoms with van der Waals surface area (Å²) in [6.07, 6.45) is 7.32. The number of carbonyl (C=O) groups excluding carboxylic acids is 1. The van der Waals surface area contributed by atoms with Crippen molar-refractivity contribution in [2.45, 2.75) is 64.5 Å². The Kier molecular flexibility index (Phi) is 11.3. The molecule has 2 N–H and O–H groups in total. The van der Waals surface area contributed by atoms with Gasteiger partial charge in [-0.15, -0.1) is 0 Å². The van der Waals surface area contributed by atoms with Crippen molar-refractivity contribution < 1.29 is 19.4 Å². The Hall–Kier alpha value is -3.31. The van der Waals surface area contributed by atoms with Crippen LogP contribution in [0.2, 0.25) is 10.0 Å². The van der Waals surface area contributed by atoms with Crippen LogP contribution in [0.5, 0.6) is 11.6 Å². The third-order valence-corrected chi connectivity index (χ3v) is 9.07. The van der Waals surface area contributed by atoms with E-state index in [0.29, 0.717) is 33.3 Å². The second-order valence-corrected chi connectivity index (χ2v) is 13.0. The maximum absolute atomic E-state index is 11.3. The molecule has 1 amide bonds. The third-order valence-electron chi connectivity index (χ3n) is 8.63. The summed E-state index contributed by atoms with van der Waals surface area (Å²) >= 11 is 12.7. The first-order valence-corrected chi connectivity index (χ1v) is 16.3. The number of amides is 1. The summed E-state index contributed by atoms with van der Waals surface area (Å²) in [6.45, 7) is 8.49. The molecule has 2 aromatic heterocycles. The zero-order valence-electron chi connectivity index (χ0n) is 25.7. The largest absolute Gasteiger partial charge is 0.481 e. The predicted octanol–water partition coefficient (Wildman–Crippen LogP) is 6.03. The Balaban J connectivity index is 1.27. The highest BCUT2D eigenvalue weighted by Crippen LogP contribution is 2.32. The van der Waals surface area contributed by atoms with Crippen molar-refractivity contribution in [1.82, 2.24) is 30.1 Å². The molecular formula is C33H40Cl2N6O4. The molecular weight excluding hydrogens is 615 g/mol. The van der Waals surface area contributed by atoms with Gasteiger partial charge >= 0.3 is 5.97 Å². The first-order valence-electron chi connectivity index (χ1n) is 15.5. The molecule has 1 aromatic carbocycles. The number of hydrogen-bond acceptors (Lipinski definition) is 8. The minimum Gasteiger partial charge on any atom is -0.481 e. The minimum absolute atomic E-state index is 0.0121. The van der Waals surface area contributed by atoms with E-state index in [4.69, 9.17) is 38.0 Å². The van der Waals surface area contributed by atoms with Crippen LogP contribution in [0.15, 0.2) is 42.7 Å². The maximum atomic E-state index is 11.3. The maximum Gasteiger partial charge on any atom is 0.304 e. The summed E-state index contributed by atoms with van der Waals surface area (Å²) in [5.41, 5.74) is 2.55. The Morgan fingerprint density at radius 2 is 1.67 bits per heavy atom. The molecule has 1 atom stereocenters. The van der Waals surface area contributed by atoms with E-state index in [2.05, 4.69) is 25.1 Å². The number of nitrogens with one attached hydrogen (secondary N) is 1. The smallest absolute Gasteiger partial charge is 0.304 e. The number of hydrogen-bond donors (Lipinski definition) is 2. The number of aromatic nitrogens is 3. The Bertz CT molecular complexity index is 1450. The molecule has 240 valence electrons. The number of benzene rings is 1. The Morgan fingerprint density at radius 1 is 1.00 bits per heavy atom. The second-order valence-electron chi connectivity index (χ2n) is 12.1. The lowest BCUT2D eigenvalue weighted by Gasteiger charge is -2.34. The summed E-state index contributed by atoms with van der Waals surface area (Å²) in [4.78, 5) is 41.1. The molecule has 2 fully saturated rings. The summed E-state index contributed by atoms with van der Waals surface area (Å²) < 4.78 is 6.21. The van der Waals surface area contributed by atoms with Crippen LogP contribution in [-0.4, -0.2) is 80.5 Å². The van der Waals surface area contributed by atoms with E-state index in [-0.39, 0.29) is 24.3 Å². The number of likely N-dealkylation sites (tertiary alicyclic amines) is 2. The molecule has 0 radical (unpaired) electrons. The van der Waals surface area contributed by atoms with Gasteiger partial charge in [-0.2, -0.15) is 0 Å². The highest BCUT2D eigenvalue weighted by atomic mass is 35.5. The molecule has 12 heteroatoms. The van der Waals surface area contributed by atoms with Gasteiger partial charge in [-0.05, 0) is 94.5 Å².